The number of hydrogen-bond acceptors (Lipinski definition) is 7. The lowest BCUT2D eigenvalue weighted by atomic mass is 10.1. The van der Waals surface area contributed by atoms with Gasteiger partial charge < -0.3 is 24.4 Å². The van der Waals surface area contributed by atoms with Gasteiger partial charge in [-0.1, -0.05) is 12.1 Å². The first kappa shape index (κ1) is 22.3. The third-order valence-electron chi connectivity index (χ3n) is 6.29. The minimum Gasteiger partial charge on any atom is -0.507 e. The number of ether oxygens (including phenoxy) is 2. The van der Waals surface area contributed by atoms with Crippen LogP contribution in [0.5, 0.6) is 5.75 Å². The monoisotopic (exact) mass is 466 g/mol. The number of carbonyl (C=O) groups is 1. The molecule has 9 heteroatoms. The number of aromatic hydroxyl groups is 1. The maximum Gasteiger partial charge on any atom is 0.409 e. The Bertz CT molecular complexity index is 1180. The van der Waals surface area contributed by atoms with Gasteiger partial charge >= 0.3 is 6.09 Å². The second-order valence-electron chi connectivity index (χ2n) is 8.59. The molecule has 178 valence electrons. The van der Waals surface area contributed by atoms with E-state index in [0.29, 0.717) is 54.3 Å². The Morgan fingerprint density at radius 2 is 1.94 bits per heavy atom. The van der Waals surface area contributed by atoms with Gasteiger partial charge in [0.2, 0.25) is 0 Å². The molecule has 3 aromatic rings. The van der Waals surface area contributed by atoms with Crippen molar-refractivity contribution in [1.29, 1.82) is 0 Å². The molecule has 2 aliphatic heterocycles. The molecule has 2 aliphatic rings. The Morgan fingerprint density at radius 1 is 1.12 bits per heavy atom. The number of amides is 1. The smallest absolute Gasteiger partial charge is 0.409 e. The molecule has 0 radical (unpaired) electrons. The molecule has 2 fully saturated rings. The van der Waals surface area contributed by atoms with Crippen LogP contribution in [-0.2, 0) is 9.47 Å². The number of para-hydroxylation sites is 1. The van der Waals surface area contributed by atoms with E-state index in [1.807, 2.05) is 4.90 Å². The van der Waals surface area contributed by atoms with Crippen LogP contribution in [0.4, 0.5) is 15.0 Å². The highest BCUT2D eigenvalue weighted by molar-refractivity contribution is 5.91. The lowest BCUT2D eigenvalue weighted by Gasteiger charge is -2.35. The topological polar surface area (TPSA) is 88.0 Å². The zero-order valence-corrected chi connectivity index (χ0v) is 18.8. The van der Waals surface area contributed by atoms with Crippen molar-refractivity contribution in [3.05, 3.63) is 48.3 Å². The average Bonchev–Trinajstić information content (AvgIpc) is 2.88. The Kier molecular flexibility index (Phi) is 6.44. The van der Waals surface area contributed by atoms with Gasteiger partial charge in [0.25, 0.3) is 0 Å². The standard InChI is InChI=1S/C25H27FN4O4/c26-17-8-9-21-20(15-17)24(28-23(27-21)19-6-1-2-7-22(19)31)29-10-12-30(13-11-29)25(32)34-16-18-5-3-4-14-33-18/h1-2,6-9,15,18,31H,3-5,10-14,16H2. The summed E-state index contributed by atoms with van der Waals surface area (Å²) in [7, 11) is 0. The van der Waals surface area contributed by atoms with Crippen molar-refractivity contribution >= 4 is 22.8 Å². The summed E-state index contributed by atoms with van der Waals surface area (Å²) in [6, 6.07) is 11.2. The normalized spacial score (nSPS) is 18.8. The zero-order chi connectivity index (χ0) is 23.5. The molecule has 5 rings (SSSR count). The van der Waals surface area contributed by atoms with Gasteiger partial charge in [0.05, 0.1) is 17.2 Å². The quantitative estimate of drug-likeness (QED) is 0.623. The van der Waals surface area contributed by atoms with Gasteiger partial charge in [0, 0.05) is 38.2 Å². The van der Waals surface area contributed by atoms with E-state index in [2.05, 4.69) is 4.98 Å². The molecular formula is C25H27FN4O4. The molecule has 1 amide bonds. The molecule has 34 heavy (non-hydrogen) atoms. The number of carbonyl (C=O) groups excluding carboxylic acids is 1. The Morgan fingerprint density at radius 3 is 2.71 bits per heavy atom. The lowest BCUT2D eigenvalue weighted by Crippen LogP contribution is -2.49. The first-order valence-corrected chi connectivity index (χ1v) is 11.6. The van der Waals surface area contributed by atoms with E-state index in [1.54, 1.807) is 35.2 Å². The largest absolute Gasteiger partial charge is 0.507 e. The molecule has 0 spiro atoms. The highest BCUT2D eigenvalue weighted by Gasteiger charge is 2.26. The first-order chi connectivity index (χ1) is 16.6. The minimum atomic E-state index is -0.375. The van der Waals surface area contributed by atoms with Crippen LogP contribution in [0.25, 0.3) is 22.3 Å². The number of aromatic nitrogens is 2. The van der Waals surface area contributed by atoms with Crippen LogP contribution in [0, 0.1) is 5.82 Å². The van der Waals surface area contributed by atoms with Crippen molar-refractivity contribution in [2.75, 3.05) is 44.3 Å². The molecular weight excluding hydrogens is 439 g/mol. The molecule has 2 saturated heterocycles. The van der Waals surface area contributed by atoms with Crippen LogP contribution in [-0.4, -0.2) is 71.6 Å². The van der Waals surface area contributed by atoms with Gasteiger partial charge in [0.1, 0.15) is 24.0 Å². The highest BCUT2D eigenvalue weighted by atomic mass is 19.1. The fraction of sp³-hybridized carbons (Fsp3) is 0.400. The molecule has 3 heterocycles. The fourth-order valence-electron chi connectivity index (χ4n) is 4.40. The number of phenols is 1. The van der Waals surface area contributed by atoms with Crippen molar-refractivity contribution in [1.82, 2.24) is 14.9 Å². The van der Waals surface area contributed by atoms with Crippen LogP contribution < -0.4 is 4.90 Å². The molecule has 8 nitrogen and oxygen atoms in total. The van der Waals surface area contributed by atoms with Crippen LogP contribution in [0.3, 0.4) is 0 Å². The van der Waals surface area contributed by atoms with Crippen molar-refractivity contribution < 1.29 is 23.8 Å². The van der Waals surface area contributed by atoms with Gasteiger partial charge in [-0.2, -0.15) is 0 Å². The number of rotatable bonds is 4. The molecule has 1 atom stereocenters. The number of phenolic OH excluding ortho intramolecular Hbond substituents is 1. The maximum absolute atomic E-state index is 14.1. The van der Waals surface area contributed by atoms with E-state index in [0.717, 1.165) is 25.9 Å². The summed E-state index contributed by atoms with van der Waals surface area (Å²) < 4.78 is 25.2. The lowest BCUT2D eigenvalue weighted by molar-refractivity contribution is -0.0281. The van der Waals surface area contributed by atoms with Gasteiger partial charge in [-0.15, -0.1) is 0 Å². The van der Waals surface area contributed by atoms with E-state index in [9.17, 15) is 14.3 Å². The summed E-state index contributed by atoms with van der Waals surface area (Å²) in [5.74, 6) is 0.636. The summed E-state index contributed by atoms with van der Waals surface area (Å²) in [4.78, 5) is 25.5. The number of fused-ring (bicyclic) bond motifs is 1. The Labute approximate surface area is 196 Å². The molecule has 2 aromatic carbocycles. The van der Waals surface area contributed by atoms with Crippen LogP contribution in [0.1, 0.15) is 19.3 Å². The predicted octanol–water partition coefficient (Wildman–Crippen LogP) is 3.97. The summed E-state index contributed by atoms with van der Waals surface area (Å²) >= 11 is 0. The number of nitrogens with zero attached hydrogens (tertiary/aromatic N) is 4. The highest BCUT2D eigenvalue weighted by Crippen LogP contribution is 2.32. The predicted molar refractivity (Wildman–Crippen MR) is 125 cm³/mol. The van der Waals surface area contributed by atoms with Gasteiger partial charge in [0.15, 0.2) is 5.82 Å². The average molecular weight is 467 g/mol. The number of piperazine rings is 1. The summed E-state index contributed by atoms with van der Waals surface area (Å²) in [6.45, 7) is 2.93. The molecule has 1 N–H and O–H groups in total. The van der Waals surface area contributed by atoms with Gasteiger partial charge in [-0.3, -0.25) is 0 Å². The number of anilines is 1. The van der Waals surface area contributed by atoms with Crippen LogP contribution >= 0.6 is 0 Å². The van der Waals surface area contributed by atoms with E-state index in [4.69, 9.17) is 14.5 Å². The van der Waals surface area contributed by atoms with E-state index in [1.165, 1.54) is 12.1 Å². The van der Waals surface area contributed by atoms with Crippen LogP contribution in [0.2, 0.25) is 0 Å². The molecule has 0 aliphatic carbocycles. The van der Waals surface area contributed by atoms with E-state index >= 15 is 0 Å². The van der Waals surface area contributed by atoms with Gasteiger partial charge in [-0.25, -0.2) is 19.2 Å². The molecule has 0 saturated carbocycles. The number of hydrogen-bond donors (Lipinski definition) is 1. The molecule has 1 aromatic heterocycles. The van der Waals surface area contributed by atoms with Crippen LogP contribution in [0.15, 0.2) is 42.5 Å². The maximum atomic E-state index is 14.1. The fourth-order valence-corrected chi connectivity index (χ4v) is 4.40. The molecule has 1 unspecified atom stereocenters. The number of benzene rings is 2. The summed E-state index contributed by atoms with van der Waals surface area (Å²) in [5.41, 5.74) is 1.08. The zero-order valence-electron chi connectivity index (χ0n) is 18.8. The summed E-state index contributed by atoms with van der Waals surface area (Å²) in [5, 5.41) is 10.9. The van der Waals surface area contributed by atoms with Crippen molar-refractivity contribution in [3.63, 3.8) is 0 Å². The Balaban J connectivity index is 1.33. The minimum absolute atomic E-state index is 0.0194. The third kappa shape index (κ3) is 4.75. The van der Waals surface area contributed by atoms with E-state index < -0.39 is 0 Å². The third-order valence-corrected chi connectivity index (χ3v) is 6.29. The van der Waals surface area contributed by atoms with E-state index in [-0.39, 0.29) is 30.4 Å². The second kappa shape index (κ2) is 9.80. The first-order valence-electron chi connectivity index (χ1n) is 11.6. The summed E-state index contributed by atoms with van der Waals surface area (Å²) in [6.07, 6.45) is 2.70. The van der Waals surface area contributed by atoms with Crippen molar-refractivity contribution in [2.45, 2.75) is 25.4 Å². The number of halogens is 1. The van der Waals surface area contributed by atoms with Crippen molar-refractivity contribution in [3.8, 4) is 17.1 Å². The Hall–Kier alpha value is -3.46. The van der Waals surface area contributed by atoms with Gasteiger partial charge in [-0.05, 0) is 49.6 Å². The molecule has 0 bridgehead atoms. The second-order valence-corrected chi connectivity index (χ2v) is 8.59. The van der Waals surface area contributed by atoms with Crippen molar-refractivity contribution in [2.24, 2.45) is 0 Å². The SMILES string of the molecule is O=C(OCC1CCCCO1)N1CCN(c2nc(-c3ccccc3O)nc3ccc(F)cc23)CC1.